The predicted molar refractivity (Wildman–Crippen MR) is 77.6 cm³/mol. The van der Waals surface area contributed by atoms with E-state index >= 15 is 0 Å². The van der Waals surface area contributed by atoms with Crippen molar-refractivity contribution in [2.45, 2.75) is 31.1 Å². The van der Waals surface area contributed by atoms with Gasteiger partial charge in [-0.3, -0.25) is 0 Å². The zero-order valence-corrected chi connectivity index (χ0v) is 12.4. The number of benzene rings is 1. The Morgan fingerprint density at radius 1 is 1.09 bits per heavy atom. The third-order valence-electron chi connectivity index (χ3n) is 4.30. The van der Waals surface area contributed by atoms with Crippen molar-refractivity contribution in [3.05, 3.63) is 29.8 Å². The van der Waals surface area contributed by atoms with Gasteiger partial charge in [0.1, 0.15) is 0 Å². The van der Waals surface area contributed by atoms with Gasteiger partial charge in [-0.2, -0.15) is 13.2 Å². The van der Waals surface area contributed by atoms with Crippen molar-refractivity contribution in [3.8, 4) is 0 Å². The van der Waals surface area contributed by atoms with Gasteiger partial charge in [0.2, 0.25) is 0 Å². The van der Waals surface area contributed by atoms with E-state index in [2.05, 4.69) is 0 Å². The first-order chi connectivity index (χ1) is 9.86. The molecule has 0 radical (unpaired) electrons. The van der Waals surface area contributed by atoms with Gasteiger partial charge in [0.25, 0.3) is 0 Å². The maximum absolute atomic E-state index is 12.6. The molecule has 0 spiro atoms. The summed E-state index contributed by atoms with van der Waals surface area (Å²) in [7, 11) is 0. The summed E-state index contributed by atoms with van der Waals surface area (Å²) in [5.74, 6) is 0. The molecule has 3 aliphatic heterocycles. The van der Waals surface area contributed by atoms with Gasteiger partial charge in [0.05, 0.1) is 11.6 Å². The van der Waals surface area contributed by atoms with Crippen LogP contribution in [0.5, 0.6) is 0 Å². The quantitative estimate of drug-likeness (QED) is 0.854. The first-order valence-corrected chi connectivity index (χ1v) is 6.80. The third-order valence-corrected chi connectivity index (χ3v) is 4.30. The highest BCUT2D eigenvalue weighted by molar-refractivity contribution is 5.85. The summed E-state index contributed by atoms with van der Waals surface area (Å²) in [5, 5.41) is 9.13. The number of rotatable bonds is 1. The maximum atomic E-state index is 12.6. The van der Waals surface area contributed by atoms with E-state index in [0.717, 1.165) is 30.7 Å². The van der Waals surface area contributed by atoms with E-state index in [0.29, 0.717) is 13.1 Å². The fourth-order valence-electron chi connectivity index (χ4n) is 3.22. The Morgan fingerprint density at radius 3 is 2.14 bits per heavy atom. The molecule has 1 aromatic carbocycles. The van der Waals surface area contributed by atoms with Gasteiger partial charge in [0, 0.05) is 24.8 Å². The Hall–Kier alpha value is -1.63. The highest BCUT2D eigenvalue weighted by atomic mass is 35.5. The molecular weight excluding hydrogens is 321 g/mol. The van der Waals surface area contributed by atoms with Crippen molar-refractivity contribution in [1.29, 1.82) is 0 Å². The smallest absolute Gasteiger partial charge is 0.416 e. The molecule has 1 aromatic rings. The molecule has 0 saturated carbocycles. The van der Waals surface area contributed by atoms with Crippen molar-refractivity contribution in [3.63, 3.8) is 0 Å². The molecule has 0 aromatic heterocycles. The normalized spacial score (nSPS) is 24.1. The fourth-order valence-corrected chi connectivity index (χ4v) is 3.22. The summed E-state index contributed by atoms with van der Waals surface area (Å²) in [6.07, 6.45) is -3.57. The summed E-state index contributed by atoms with van der Waals surface area (Å²) in [6.45, 7) is 0.962. The maximum Gasteiger partial charge on any atom is 0.416 e. The van der Waals surface area contributed by atoms with Gasteiger partial charge in [0.15, 0.2) is 0 Å². The molecule has 1 amide bonds. The SMILES string of the molecule is Cl.O=C(O)N1CC2CCC1CN2c1ccc(C(F)(F)F)cc1. The topological polar surface area (TPSA) is 43.8 Å². The Bertz CT molecular complexity index is 550. The molecule has 0 aliphatic carbocycles. The minimum atomic E-state index is -4.33. The lowest BCUT2D eigenvalue weighted by molar-refractivity contribution is -0.137. The van der Waals surface area contributed by atoms with Gasteiger partial charge < -0.3 is 14.9 Å². The third kappa shape index (κ3) is 2.95. The standard InChI is InChI=1S/C14H15F3N2O2.ClH/c15-14(16,17)9-1-3-10(4-2-9)18-7-12-6-5-11(18)8-19(12)13(20)21;/h1-4,11-12H,5-8H2,(H,20,21);1H. The van der Waals surface area contributed by atoms with Crippen LogP contribution in [-0.2, 0) is 6.18 Å². The second kappa shape index (κ2) is 5.87. The zero-order chi connectivity index (χ0) is 15.2. The first kappa shape index (κ1) is 16.7. The van der Waals surface area contributed by atoms with Crippen molar-refractivity contribution in [2.75, 3.05) is 18.0 Å². The number of amides is 1. The van der Waals surface area contributed by atoms with Crippen molar-refractivity contribution < 1.29 is 23.1 Å². The largest absolute Gasteiger partial charge is 0.465 e. The van der Waals surface area contributed by atoms with E-state index in [1.54, 1.807) is 0 Å². The van der Waals surface area contributed by atoms with Crippen LogP contribution in [0.4, 0.5) is 23.7 Å². The monoisotopic (exact) mass is 336 g/mol. The Balaban J connectivity index is 0.00000176. The second-order valence-corrected chi connectivity index (χ2v) is 5.52. The number of fused-ring (bicyclic) bond motifs is 3. The van der Waals surface area contributed by atoms with Crippen LogP contribution in [0, 0.1) is 0 Å². The van der Waals surface area contributed by atoms with E-state index in [4.69, 9.17) is 5.11 Å². The number of carbonyl (C=O) groups is 1. The lowest BCUT2D eigenvalue weighted by Gasteiger charge is -2.51. The van der Waals surface area contributed by atoms with Crippen molar-refractivity contribution >= 4 is 24.2 Å². The first-order valence-electron chi connectivity index (χ1n) is 6.80. The van der Waals surface area contributed by atoms with Crippen LogP contribution < -0.4 is 4.90 Å². The zero-order valence-electron chi connectivity index (χ0n) is 11.6. The fraction of sp³-hybridized carbons (Fsp3) is 0.500. The minimum absolute atomic E-state index is 0. The van der Waals surface area contributed by atoms with Gasteiger partial charge in [-0.1, -0.05) is 0 Å². The second-order valence-electron chi connectivity index (χ2n) is 5.52. The Labute approximate surface area is 131 Å². The number of nitrogens with zero attached hydrogens (tertiary/aromatic N) is 2. The van der Waals surface area contributed by atoms with Crippen molar-refractivity contribution in [1.82, 2.24) is 4.90 Å². The molecule has 4 rings (SSSR count). The van der Waals surface area contributed by atoms with E-state index in [1.807, 2.05) is 4.90 Å². The average molecular weight is 337 g/mol. The summed E-state index contributed by atoms with van der Waals surface area (Å²) in [4.78, 5) is 14.6. The number of piperazine rings is 1. The van der Waals surface area contributed by atoms with Crippen LogP contribution in [0.25, 0.3) is 0 Å². The molecule has 3 heterocycles. The Kier molecular flexibility index (Phi) is 4.47. The number of piperidine rings is 2. The molecular formula is C14H16ClF3N2O2. The number of anilines is 1. The van der Waals surface area contributed by atoms with Gasteiger partial charge in [-0.05, 0) is 37.1 Å². The van der Waals surface area contributed by atoms with Crippen LogP contribution in [0.1, 0.15) is 18.4 Å². The lowest BCUT2D eigenvalue weighted by atomic mass is 9.90. The number of hydrogen-bond donors (Lipinski definition) is 1. The average Bonchev–Trinajstić information content (AvgIpc) is 2.46. The molecule has 3 aliphatic rings. The van der Waals surface area contributed by atoms with Gasteiger partial charge >= 0.3 is 12.3 Å². The molecule has 122 valence electrons. The molecule has 2 unspecified atom stereocenters. The highest BCUT2D eigenvalue weighted by Gasteiger charge is 2.41. The molecule has 1 N–H and O–H groups in total. The van der Waals surface area contributed by atoms with Crippen LogP contribution >= 0.6 is 12.4 Å². The number of carboxylic acid groups (broad SMARTS) is 1. The lowest BCUT2D eigenvalue weighted by Crippen LogP contribution is -2.63. The summed E-state index contributed by atoms with van der Waals surface area (Å²) < 4.78 is 37.7. The molecule has 8 heteroatoms. The molecule has 22 heavy (non-hydrogen) atoms. The van der Waals surface area contributed by atoms with E-state index in [9.17, 15) is 18.0 Å². The highest BCUT2D eigenvalue weighted by Crippen LogP contribution is 2.35. The molecule has 3 saturated heterocycles. The van der Waals surface area contributed by atoms with E-state index in [-0.39, 0.29) is 24.5 Å². The van der Waals surface area contributed by atoms with E-state index in [1.165, 1.54) is 17.0 Å². The van der Waals surface area contributed by atoms with E-state index < -0.39 is 17.8 Å². The van der Waals surface area contributed by atoms with Gasteiger partial charge in [-0.15, -0.1) is 12.4 Å². The van der Waals surface area contributed by atoms with Crippen LogP contribution in [-0.4, -0.2) is 41.3 Å². The Morgan fingerprint density at radius 2 is 1.68 bits per heavy atom. The summed E-state index contributed by atoms with van der Waals surface area (Å²) in [6, 6.07) is 5.06. The number of alkyl halides is 3. The van der Waals surface area contributed by atoms with Crippen LogP contribution in [0.3, 0.4) is 0 Å². The minimum Gasteiger partial charge on any atom is -0.465 e. The van der Waals surface area contributed by atoms with Crippen LogP contribution in [0.2, 0.25) is 0 Å². The summed E-state index contributed by atoms with van der Waals surface area (Å²) >= 11 is 0. The van der Waals surface area contributed by atoms with Crippen LogP contribution in [0.15, 0.2) is 24.3 Å². The van der Waals surface area contributed by atoms with Crippen molar-refractivity contribution in [2.24, 2.45) is 0 Å². The number of hydrogen-bond acceptors (Lipinski definition) is 2. The molecule has 2 atom stereocenters. The number of halogens is 4. The molecule has 3 fully saturated rings. The molecule has 2 bridgehead atoms. The predicted octanol–water partition coefficient (Wildman–Crippen LogP) is 3.46. The molecule has 4 nitrogen and oxygen atoms in total. The summed E-state index contributed by atoms with van der Waals surface area (Å²) in [5.41, 5.74) is 0.0586. The van der Waals surface area contributed by atoms with Gasteiger partial charge in [-0.25, -0.2) is 4.79 Å².